The Labute approximate surface area is 126 Å². The van der Waals surface area contributed by atoms with Gasteiger partial charge in [-0.15, -0.1) is 0 Å². The highest BCUT2D eigenvalue weighted by molar-refractivity contribution is 7.87. The molecular weight excluding hydrogens is 288 g/mol. The van der Waals surface area contributed by atoms with E-state index in [4.69, 9.17) is 10.00 Å². The molecule has 1 aromatic carbocycles. The summed E-state index contributed by atoms with van der Waals surface area (Å²) in [7, 11) is -1.27. The number of amides is 1. The summed E-state index contributed by atoms with van der Waals surface area (Å²) in [6.07, 6.45) is 0.651. The summed E-state index contributed by atoms with van der Waals surface area (Å²) in [5.41, 5.74) is 1.13. The van der Waals surface area contributed by atoms with Gasteiger partial charge in [-0.05, 0) is 44.5 Å². The van der Waals surface area contributed by atoms with Gasteiger partial charge in [0.15, 0.2) is 0 Å². The van der Waals surface area contributed by atoms with Crippen molar-refractivity contribution >= 4 is 22.4 Å². The van der Waals surface area contributed by atoms with Crippen molar-refractivity contribution in [2.75, 3.05) is 11.9 Å². The Morgan fingerprint density at radius 1 is 1.48 bits per heavy atom. The topological polar surface area (TPSA) is 79.2 Å². The van der Waals surface area contributed by atoms with Crippen LogP contribution < -0.4 is 5.32 Å². The van der Waals surface area contributed by atoms with Crippen LogP contribution in [-0.4, -0.2) is 33.3 Å². The number of hydrogen-bond donors (Lipinski definition) is 1. The highest BCUT2D eigenvalue weighted by Crippen LogP contribution is 2.22. The van der Waals surface area contributed by atoms with Crippen LogP contribution >= 0.6 is 0 Å². The Balaban J connectivity index is 1.98. The molecular formula is C15H18N2O3S. The summed E-state index contributed by atoms with van der Waals surface area (Å²) in [6, 6.07) is 8.59. The Bertz CT molecular complexity index is 580. The SMILES string of the molecule is CC1OCCC1S(=O)C(C)C(=O)Nc1ccc(C#N)cc1. The first-order valence-corrected chi connectivity index (χ1v) is 8.12. The molecule has 0 bridgehead atoms. The Hall–Kier alpha value is -1.71. The van der Waals surface area contributed by atoms with Crippen LogP contribution in [0, 0.1) is 11.3 Å². The van der Waals surface area contributed by atoms with Crippen molar-refractivity contribution in [2.24, 2.45) is 0 Å². The summed E-state index contributed by atoms with van der Waals surface area (Å²) in [5.74, 6) is -0.280. The first-order chi connectivity index (χ1) is 10.0. The zero-order valence-electron chi connectivity index (χ0n) is 12.0. The first kappa shape index (κ1) is 15.7. The molecule has 1 fully saturated rings. The second kappa shape index (κ2) is 6.83. The number of hydrogen-bond acceptors (Lipinski definition) is 4. The van der Waals surface area contributed by atoms with Crippen molar-refractivity contribution < 1.29 is 13.7 Å². The number of nitrogens with zero attached hydrogens (tertiary/aromatic N) is 1. The fourth-order valence-electron chi connectivity index (χ4n) is 2.26. The third-order valence-corrected chi connectivity index (χ3v) is 5.73. The molecule has 6 heteroatoms. The van der Waals surface area contributed by atoms with E-state index in [0.29, 0.717) is 17.9 Å². The van der Waals surface area contributed by atoms with Gasteiger partial charge in [-0.1, -0.05) is 0 Å². The second-order valence-electron chi connectivity index (χ2n) is 5.05. The highest BCUT2D eigenvalue weighted by atomic mass is 32.2. The zero-order valence-corrected chi connectivity index (χ0v) is 12.9. The number of ether oxygens (including phenoxy) is 1. The first-order valence-electron chi connectivity index (χ1n) is 6.85. The van der Waals surface area contributed by atoms with Gasteiger partial charge in [-0.3, -0.25) is 9.00 Å². The van der Waals surface area contributed by atoms with E-state index in [2.05, 4.69) is 5.32 Å². The van der Waals surface area contributed by atoms with E-state index in [1.54, 1.807) is 31.2 Å². The second-order valence-corrected chi connectivity index (χ2v) is 7.02. The van der Waals surface area contributed by atoms with E-state index in [9.17, 15) is 9.00 Å². The van der Waals surface area contributed by atoms with E-state index in [1.807, 2.05) is 13.0 Å². The Morgan fingerprint density at radius 3 is 2.67 bits per heavy atom. The molecule has 21 heavy (non-hydrogen) atoms. The van der Waals surface area contributed by atoms with Crippen molar-refractivity contribution in [1.82, 2.24) is 0 Å². The van der Waals surface area contributed by atoms with E-state index >= 15 is 0 Å². The van der Waals surface area contributed by atoms with Crippen molar-refractivity contribution in [3.63, 3.8) is 0 Å². The molecule has 0 aliphatic carbocycles. The molecule has 1 aliphatic rings. The van der Waals surface area contributed by atoms with E-state index in [1.165, 1.54) is 0 Å². The molecule has 1 heterocycles. The molecule has 0 aromatic heterocycles. The zero-order chi connectivity index (χ0) is 15.4. The van der Waals surface area contributed by atoms with Crippen molar-refractivity contribution in [1.29, 1.82) is 5.26 Å². The largest absolute Gasteiger partial charge is 0.377 e. The number of rotatable bonds is 4. The standard InChI is InChI=1S/C15H18N2O3S/c1-10-14(7-8-20-10)21(19)11(2)15(18)17-13-5-3-12(9-16)4-6-13/h3-6,10-11,14H,7-8H2,1-2H3,(H,17,18). The summed E-state index contributed by atoms with van der Waals surface area (Å²) in [5, 5.41) is 10.8. The highest BCUT2D eigenvalue weighted by Gasteiger charge is 2.34. The van der Waals surface area contributed by atoms with Gasteiger partial charge < -0.3 is 10.1 Å². The van der Waals surface area contributed by atoms with Gasteiger partial charge in [0.1, 0.15) is 5.25 Å². The summed E-state index contributed by atoms with van der Waals surface area (Å²) >= 11 is 0. The number of carbonyl (C=O) groups excluding carboxylic acids is 1. The Morgan fingerprint density at radius 2 is 2.14 bits per heavy atom. The average molecular weight is 306 g/mol. The minimum absolute atomic E-state index is 0.0732. The molecule has 4 unspecified atom stereocenters. The van der Waals surface area contributed by atoms with Crippen LogP contribution in [0.1, 0.15) is 25.8 Å². The fraction of sp³-hybridized carbons (Fsp3) is 0.467. The van der Waals surface area contributed by atoms with Gasteiger partial charge in [0.2, 0.25) is 5.91 Å². The van der Waals surface area contributed by atoms with Crippen LogP contribution in [0.2, 0.25) is 0 Å². The van der Waals surface area contributed by atoms with Gasteiger partial charge in [0.05, 0.1) is 23.0 Å². The summed E-state index contributed by atoms with van der Waals surface area (Å²) in [4.78, 5) is 12.2. The van der Waals surface area contributed by atoms with Gasteiger partial charge in [0.25, 0.3) is 0 Å². The molecule has 1 aromatic rings. The molecule has 1 saturated heterocycles. The maximum Gasteiger partial charge on any atom is 0.239 e. The van der Waals surface area contributed by atoms with Gasteiger partial charge in [0, 0.05) is 23.1 Å². The van der Waals surface area contributed by atoms with Gasteiger partial charge in [-0.2, -0.15) is 5.26 Å². The average Bonchev–Trinajstić information content (AvgIpc) is 2.92. The maximum absolute atomic E-state index is 12.4. The van der Waals surface area contributed by atoms with Crippen molar-refractivity contribution in [3.8, 4) is 6.07 Å². The van der Waals surface area contributed by atoms with Crippen LogP contribution in [0.25, 0.3) is 0 Å². The quantitative estimate of drug-likeness (QED) is 0.920. The molecule has 1 aliphatic heterocycles. The molecule has 0 saturated carbocycles. The lowest BCUT2D eigenvalue weighted by Gasteiger charge is -2.18. The van der Waals surface area contributed by atoms with Crippen molar-refractivity contribution in [2.45, 2.75) is 36.9 Å². The number of nitrogens with one attached hydrogen (secondary N) is 1. The minimum Gasteiger partial charge on any atom is -0.377 e. The predicted molar refractivity (Wildman–Crippen MR) is 81.2 cm³/mol. The van der Waals surface area contributed by atoms with Crippen LogP contribution in [0.5, 0.6) is 0 Å². The predicted octanol–water partition coefficient (Wildman–Crippen LogP) is 1.81. The number of carbonyl (C=O) groups is 1. The van der Waals surface area contributed by atoms with Crippen LogP contribution in [-0.2, 0) is 20.3 Å². The number of anilines is 1. The summed E-state index contributed by atoms with van der Waals surface area (Å²) in [6.45, 7) is 4.16. The lowest BCUT2D eigenvalue weighted by Crippen LogP contribution is -2.37. The molecule has 0 radical (unpaired) electrons. The monoisotopic (exact) mass is 306 g/mol. The molecule has 112 valence electrons. The third kappa shape index (κ3) is 3.69. The van der Waals surface area contributed by atoms with Crippen LogP contribution in [0.15, 0.2) is 24.3 Å². The molecule has 1 amide bonds. The van der Waals surface area contributed by atoms with Crippen LogP contribution in [0.4, 0.5) is 5.69 Å². The molecule has 2 rings (SSSR count). The van der Waals surface area contributed by atoms with E-state index in [-0.39, 0.29) is 17.3 Å². The number of nitriles is 1. The van der Waals surface area contributed by atoms with Crippen LogP contribution in [0.3, 0.4) is 0 Å². The molecule has 1 N–H and O–H groups in total. The minimum atomic E-state index is -1.27. The molecule has 0 spiro atoms. The lowest BCUT2D eigenvalue weighted by molar-refractivity contribution is -0.115. The Kier molecular flexibility index (Phi) is 5.10. The van der Waals surface area contributed by atoms with Crippen molar-refractivity contribution in [3.05, 3.63) is 29.8 Å². The maximum atomic E-state index is 12.4. The van der Waals surface area contributed by atoms with Gasteiger partial charge >= 0.3 is 0 Å². The lowest BCUT2D eigenvalue weighted by atomic mass is 10.2. The normalized spacial score (nSPS) is 24.0. The van der Waals surface area contributed by atoms with E-state index in [0.717, 1.165) is 6.42 Å². The summed E-state index contributed by atoms with van der Waals surface area (Å²) < 4.78 is 17.8. The molecule has 5 nitrogen and oxygen atoms in total. The molecule has 4 atom stereocenters. The van der Waals surface area contributed by atoms with Gasteiger partial charge in [-0.25, -0.2) is 0 Å². The number of benzene rings is 1. The smallest absolute Gasteiger partial charge is 0.239 e. The fourth-order valence-corrected chi connectivity index (χ4v) is 3.84. The third-order valence-electron chi connectivity index (χ3n) is 3.60. The van der Waals surface area contributed by atoms with E-state index < -0.39 is 16.0 Å².